The average molecular weight is 498 g/mol. The van der Waals surface area contributed by atoms with Crippen LogP contribution in [0.25, 0.3) is 22.2 Å². The second kappa shape index (κ2) is 10.3. The number of likely N-dealkylation sites (tertiary alicyclic amines) is 1. The van der Waals surface area contributed by atoms with Crippen LogP contribution in [0.2, 0.25) is 0 Å². The van der Waals surface area contributed by atoms with Crippen LogP contribution in [-0.4, -0.2) is 59.0 Å². The Balaban J connectivity index is 1.48. The van der Waals surface area contributed by atoms with E-state index in [2.05, 4.69) is 49.0 Å². The number of amides is 1. The van der Waals surface area contributed by atoms with E-state index in [9.17, 15) is 9.18 Å². The molecule has 1 aliphatic heterocycles. The summed E-state index contributed by atoms with van der Waals surface area (Å²) in [5.74, 6) is -0.270. The number of halogens is 1. The van der Waals surface area contributed by atoms with Crippen molar-refractivity contribution in [2.24, 2.45) is 0 Å². The van der Waals surface area contributed by atoms with Crippen molar-refractivity contribution < 1.29 is 9.18 Å². The molecule has 9 heteroatoms. The number of nitrogens with zero attached hydrogens (tertiary/aromatic N) is 5. The Labute approximate surface area is 214 Å². The summed E-state index contributed by atoms with van der Waals surface area (Å²) in [5.41, 5.74) is 4.09. The van der Waals surface area contributed by atoms with Gasteiger partial charge >= 0.3 is 0 Å². The molecule has 0 bridgehead atoms. The Morgan fingerprint density at radius 1 is 1.22 bits per heavy atom. The van der Waals surface area contributed by atoms with Gasteiger partial charge in [0.05, 0.1) is 17.1 Å². The van der Waals surface area contributed by atoms with Gasteiger partial charge in [-0.05, 0) is 62.5 Å². The molecule has 8 nitrogen and oxygen atoms in total. The Bertz CT molecular complexity index is 1470. The zero-order valence-corrected chi connectivity index (χ0v) is 20.8. The standard InChI is InChI=1S/C28H28FN7O/c1-4-25(37)33-23-15-21(8-9-24(23)36(3)22-11-13-35(2)17-22)32-28-31-16-19-10-12-30-26(27(19)34-28)18-6-5-7-20(29)14-18/h4-10,12,14-16,22H,1,11,13,17H2,2-3H3,(H,33,37)(H,31,32,34). The number of fused-ring (bicyclic) bond motifs is 1. The Kier molecular flexibility index (Phi) is 6.78. The van der Waals surface area contributed by atoms with Crippen LogP contribution < -0.4 is 15.5 Å². The topological polar surface area (TPSA) is 86.3 Å². The number of hydrogen-bond acceptors (Lipinski definition) is 7. The van der Waals surface area contributed by atoms with Crippen LogP contribution in [0, 0.1) is 5.82 Å². The summed E-state index contributed by atoms with van der Waals surface area (Å²) in [5, 5.41) is 6.95. The van der Waals surface area contributed by atoms with Gasteiger partial charge in [-0.3, -0.25) is 9.78 Å². The SMILES string of the molecule is C=CC(=O)Nc1cc(Nc2ncc3ccnc(-c4cccc(F)c4)c3n2)ccc1N(C)C1CCN(C)C1. The number of hydrogen-bond donors (Lipinski definition) is 2. The maximum atomic E-state index is 13.9. The van der Waals surface area contributed by atoms with Crippen LogP contribution in [0.4, 0.5) is 27.4 Å². The number of anilines is 4. The molecule has 0 spiro atoms. The highest BCUT2D eigenvalue weighted by atomic mass is 19.1. The minimum Gasteiger partial charge on any atom is -0.369 e. The lowest BCUT2D eigenvalue weighted by atomic mass is 10.1. The van der Waals surface area contributed by atoms with Crippen LogP contribution in [0.1, 0.15) is 6.42 Å². The highest BCUT2D eigenvalue weighted by Gasteiger charge is 2.25. The lowest BCUT2D eigenvalue weighted by molar-refractivity contribution is -0.111. The summed E-state index contributed by atoms with van der Waals surface area (Å²) >= 11 is 0. The van der Waals surface area contributed by atoms with Gasteiger partial charge in [0.25, 0.3) is 0 Å². The third-order valence-electron chi connectivity index (χ3n) is 6.59. The van der Waals surface area contributed by atoms with E-state index in [4.69, 9.17) is 0 Å². The van der Waals surface area contributed by atoms with Crippen LogP contribution in [0.5, 0.6) is 0 Å². The fourth-order valence-corrected chi connectivity index (χ4v) is 4.62. The summed E-state index contributed by atoms with van der Waals surface area (Å²) in [4.78, 5) is 30.3. The van der Waals surface area contributed by atoms with Gasteiger partial charge in [0.1, 0.15) is 11.3 Å². The Morgan fingerprint density at radius 3 is 2.84 bits per heavy atom. The van der Waals surface area contributed by atoms with E-state index in [1.807, 2.05) is 31.3 Å². The molecule has 1 fully saturated rings. The van der Waals surface area contributed by atoms with Gasteiger partial charge < -0.3 is 20.4 Å². The fourth-order valence-electron chi connectivity index (χ4n) is 4.62. The van der Waals surface area contributed by atoms with Crippen molar-refractivity contribution in [2.45, 2.75) is 12.5 Å². The van der Waals surface area contributed by atoms with E-state index in [1.165, 1.54) is 18.2 Å². The van der Waals surface area contributed by atoms with Crippen molar-refractivity contribution in [3.05, 3.63) is 79.4 Å². The van der Waals surface area contributed by atoms with Crippen LogP contribution in [-0.2, 0) is 4.79 Å². The molecule has 1 amide bonds. The van der Waals surface area contributed by atoms with Gasteiger partial charge in [-0.2, -0.15) is 0 Å². The first-order chi connectivity index (χ1) is 17.9. The summed E-state index contributed by atoms with van der Waals surface area (Å²) < 4.78 is 13.9. The van der Waals surface area contributed by atoms with E-state index < -0.39 is 0 Å². The second-order valence-electron chi connectivity index (χ2n) is 9.17. The molecule has 4 aromatic rings. The summed E-state index contributed by atoms with van der Waals surface area (Å²) in [6, 6.07) is 14.2. The number of rotatable bonds is 7. The lowest BCUT2D eigenvalue weighted by Gasteiger charge is -2.29. The minimum atomic E-state index is -0.341. The van der Waals surface area contributed by atoms with Gasteiger partial charge in [-0.25, -0.2) is 14.4 Å². The molecule has 2 aromatic carbocycles. The second-order valence-corrected chi connectivity index (χ2v) is 9.17. The fraction of sp³-hybridized carbons (Fsp3) is 0.214. The Morgan fingerprint density at radius 2 is 2.08 bits per heavy atom. The van der Waals surface area contributed by atoms with E-state index >= 15 is 0 Å². The zero-order chi connectivity index (χ0) is 25.9. The molecular formula is C28H28FN7O. The van der Waals surface area contributed by atoms with Crippen molar-refractivity contribution in [3.8, 4) is 11.3 Å². The molecular weight excluding hydrogens is 469 g/mol. The number of benzene rings is 2. The number of likely N-dealkylation sites (N-methyl/N-ethyl adjacent to an activating group) is 2. The molecule has 5 rings (SSSR count). The first kappa shape index (κ1) is 24.3. The van der Waals surface area contributed by atoms with Gasteiger partial charge in [0.2, 0.25) is 11.9 Å². The molecule has 0 saturated carbocycles. The van der Waals surface area contributed by atoms with E-state index in [0.717, 1.165) is 30.6 Å². The van der Waals surface area contributed by atoms with Gasteiger partial charge in [0.15, 0.2) is 0 Å². The molecule has 1 saturated heterocycles. The molecule has 2 aromatic heterocycles. The predicted molar refractivity (Wildman–Crippen MR) is 146 cm³/mol. The van der Waals surface area contributed by atoms with E-state index in [1.54, 1.807) is 24.5 Å². The van der Waals surface area contributed by atoms with Crippen molar-refractivity contribution in [1.82, 2.24) is 19.9 Å². The third-order valence-corrected chi connectivity index (χ3v) is 6.59. The maximum Gasteiger partial charge on any atom is 0.247 e. The summed E-state index contributed by atoms with van der Waals surface area (Å²) in [6.45, 7) is 5.57. The number of carbonyl (C=O) groups is 1. The highest BCUT2D eigenvalue weighted by Crippen LogP contribution is 2.33. The zero-order valence-electron chi connectivity index (χ0n) is 20.8. The van der Waals surface area contributed by atoms with Gasteiger partial charge in [-0.1, -0.05) is 18.7 Å². The molecule has 188 valence electrons. The highest BCUT2D eigenvalue weighted by molar-refractivity contribution is 6.02. The maximum absolute atomic E-state index is 13.9. The van der Waals surface area contributed by atoms with Crippen molar-refractivity contribution in [2.75, 3.05) is 42.7 Å². The van der Waals surface area contributed by atoms with Crippen LogP contribution in [0.15, 0.2) is 73.6 Å². The average Bonchev–Trinajstić information content (AvgIpc) is 3.34. The minimum absolute atomic E-state index is 0.289. The van der Waals surface area contributed by atoms with E-state index in [0.29, 0.717) is 40.1 Å². The molecule has 1 atom stereocenters. The first-order valence-electron chi connectivity index (χ1n) is 12.0. The monoisotopic (exact) mass is 497 g/mol. The van der Waals surface area contributed by atoms with Crippen molar-refractivity contribution >= 4 is 39.8 Å². The molecule has 0 aliphatic carbocycles. The molecule has 3 heterocycles. The van der Waals surface area contributed by atoms with Crippen LogP contribution >= 0.6 is 0 Å². The summed E-state index contributed by atoms with van der Waals surface area (Å²) in [6.07, 6.45) is 5.66. The third kappa shape index (κ3) is 5.26. The molecule has 2 N–H and O–H groups in total. The lowest BCUT2D eigenvalue weighted by Crippen LogP contribution is -2.34. The summed E-state index contributed by atoms with van der Waals surface area (Å²) in [7, 11) is 4.16. The molecule has 0 radical (unpaired) electrons. The first-order valence-corrected chi connectivity index (χ1v) is 12.0. The normalized spacial score (nSPS) is 15.5. The van der Waals surface area contributed by atoms with Crippen molar-refractivity contribution in [3.63, 3.8) is 0 Å². The number of aromatic nitrogens is 3. The predicted octanol–water partition coefficient (Wildman–Crippen LogP) is 4.84. The number of nitrogens with one attached hydrogen (secondary N) is 2. The Hall–Kier alpha value is -4.37. The quantitative estimate of drug-likeness (QED) is 0.354. The number of carbonyl (C=O) groups excluding carboxylic acids is 1. The van der Waals surface area contributed by atoms with Gasteiger partial charge in [-0.15, -0.1) is 0 Å². The smallest absolute Gasteiger partial charge is 0.247 e. The van der Waals surface area contributed by atoms with Gasteiger partial charge in [0, 0.05) is 48.7 Å². The molecule has 1 unspecified atom stereocenters. The molecule has 1 aliphatic rings. The van der Waals surface area contributed by atoms with Crippen molar-refractivity contribution in [1.29, 1.82) is 0 Å². The van der Waals surface area contributed by atoms with Crippen LogP contribution in [0.3, 0.4) is 0 Å². The largest absolute Gasteiger partial charge is 0.369 e. The molecule has 37 heavy (non-hydrogen) atoms. The number of pyridine rings is 1. The van der Waals surface area contributed by atoms with E-state index in [-0.39, 0.29) is 11.7 Å².